The zero-order chi connectivity index (χ0) is 15.1. The maximum absolute atomic E-state index is 12.1. The lowest BCUT2D eigenvalue weighted by molar-refractivity contribution is 0.303. The molecular formula is C12H22N4O3S. The number of hydrogen-bond donors (Lipinski definition) is 0. The van der Waals surface area contributed by atoms with E-state index in [1.54, 1.807) is 11.6 Å². The van der Waals surface area contributed by atoms with E-state index < -0.39 is 10.0 Å². The molecule has 7 nitrogen and oxygen atoms in total. The number of piperidine rings is 1. The van der Waals surface area contributed by atoms with Gasteiger partial charge in [-0.05, 0) is 26.7 Å². The Bertz CT molecular complexity index is 644. The average molecular weight is 302 g/mol. The van der Waals surface area contributed by atoms with Crippen LogP contribution in [0.3, 0.4) is 0 Å². The molecule has 0 bridgehead atoms. The van der Waals surface area contributed by atoms with Crippen LogP contribution in [0.15, 0.2) is 4.79 Å². The lowest BCUT2D eigenvalue weighted by Crippen LogP contribution is -2.39. The summed E-state index contributed by atoms with van der Waals surface area (Å²) in [6.07, 6.45) is 2.87. The van der Waals surface area contributed by atoms with Gasteiger partial charge in [-0.1, -0.05) is 0 Å². The van der Waals surface area contributed by atoms with Crippen molar-refractivity contribution in [3.63, 3.8) is 0 Å². The zero-order valence-electron chi connectivity index (χ0n) is 12.4. The van der Waals surface area contributed by atoms with Gasteiger partial charge in [0.1, 0.15) is 5.82 Å². The Hall–Kier alpha value is -1.15. The van der Waals surface area contributed by atoms with Gasteiger partial charge in [0.2, 0.25) is 10.0 Å². The van der Waals surface area contributed by atoms with Gasteiger partial charge in [0.05, 0.1) is 6.26 Å². The fourth-order valence-corrected chi connectivity index (χ4v) is 3.63. The van der Waals surface area contributed by atoms with Crippen LogP contribution in [0, 0.1) is 0 Å². The van der Waals surface area contributed by atoms with E-state index >= 15 is 0 Å². The van der Waals surface area contributed by atoms with Gasteiger partial charge in [0.15, 0.2) is 0 Å². The van der Waals surface area contributed by atoms with Gasteiger partial charge in [-0.2, -0.15) is 5.10 Å². The van der Waals surface area contributed by atoms with Crippen molar-refractivity contribution < 1.29 is 8.42 Å². The molecule has 1 aliphatic heterocycles. The molecule has 0 N–H and O–H groups in total. The third kappa shape index (κ3) is 2.80. The van der Waals surface area contributed by atoms with Crippen LogP contribution < -0.4 is 5.69 Å². The van der Waals surface area contributed by atoms with Crippen molar-refractivity contribution in [2.75, 3.05) is 19.3 Å². The van der Waals surface area contributed by atoms with Crippen molar-refractivity contribution in [2.24, 2.45) is 7.05 Å². The van der Waals surface area contributed by atoms with Crippen molar-refractivity contribution in [3.8, 4) is 0 Å². The van der Waals surface area contributed by atoms with Crippen LogP contribution in [0.4, 0.5) is 0 Å². The highest BCUT2D eigenvalue weighted by molar-refractivity contribution is 7.88. The molecule has 1 saturated heterocycles. The van der Waals surface area contributed by atoms with E-state index in [2.05, 4.69) is 5.10 Å². The molecule has 20 heavy (non-hydrogen) atoms. The van der Waals surface area contributed by atoms with Crippen molar-refractivity contribution in [2.45, 2.75) is 38.6 Å². The summed E-state index contributed by atoms with van der Waals surface area (Å²) in [5.74, 6) is 0.677. The highest BCUT2D eigenvalue weighted by Crippen LogP contribution is 2.27. The molecule has 1 aliphatic rings. The smallest absolute Gasteiger partial charge is 0.276 e. The predicted molar refractivity (Wildman–Crippen MR) is 76.2 cm³/mol. The molecule has 0 spiro atoms. The summed E-state index contributed by atoms with van der Waals surface area (Å²) in [5.41, 5.74) is -0.147. The Morgan fingerprint density at radius 1 is 1.35 bits per heavy atom. The summed E-state index contributed by atoms with van der Waals surface area (Å²) < 4.78 is 27.8. The van der Waals surface area contributed by atoms with Crippen LogP contribution in [0.1, 0.15) is 44.5 Å². The normalized spacial score (nSPS) is 21.6. The molecule has 2 rings (SSSR count). The van der Waals surface area contributed by atoms with Gasteiger partial charge >= 0.3 is 5.69 Å². The fraction of sp³-hybridized carbons (Fsp3) is 0.833. The predicted octanol–water partition coefficient (Wildman–Crippen LogP) is 0.302. The second-order valence-corrected chi connectivity index (χ2v) is 7.67. The Morgan fingerprint density at radius 3 is 2.55 bits per heavy atom. The van der Waals surface area contributed by atoms with E-state index in [9.17, 15) is 13.2 Å². The van der Waals surface area contributed by atoms with E-state index in [-0.39, 0.29) is 17.6 Å². The van der Waals surface area contributed by atoms with Crippen LogP contribution >= 0.6 is 0 Å². The second kappa shape index (κ2) is 5.33. The number of rotatable bonds is 3. The van der Waals surface area contributed by atoms with E-state index in [1.807, 2.05) is 13.8 Å². The molecule has 1 atom stereocenters. The van der Waals surface area contributed by atoms with Gasteiger partial charge in [0, 0.05) is 32.1 Å². The van der Waals surface area contributed by atoms with E-state index in [0.29, 0.717) is 18.9 Å². The zero-order valence-corrected chi connectivity index (χ0v) is 13.2. The SMILES string of the molecule is CC(C)n1c(C2CCCN(S(C)(=O)=O)C2)nn(C)c1=O. The molecule has 0 saturated carbocycles. The van der Waals surface area contributed by atoms with E-state index in [0.717, 1.165) is 12.8 Å². The van der Waals surface area contributed by atoms with Gasteiger partial charge in [-0.25, -0.2) is 22.2 Å². The van der Waals surface area contributed by atoms with Crippen LogP contribution in [-0.2, 0) is 17.1 Å². The third-order valence-electron chi connectivity index (χ3n) is 3.72. The molecule has 114 valence electrons. The van der Waals surface area contributed by atoms with Crippen LogP contribution in [0.5, 0.6) is 0 Å². The highest BCUT2D eigenvalue weighted by Gasteiger charge is 2.31. The molecule has 1 unspecified atom stereocenters. The third-order valence-corrected chi connectivity index (χ3v) is 4.99. The average Bonchev–Trinajstić information content (AvgIpc) is 2.65. The Morgan fingerprint density at radius 2 is 2.00 bits per heavy atom. The lowest BCUT2D eigenvalue weighted by atomic mass is 9.98. The molecule has 8 heteroatoms. The molecule has 2 heterocycles. The number of hydrogen-bond acceptors (Lipinski definition) is 4. The fourth-order valence-electron chi connectivity index (χ4n) is 2.72. The number of aryl methyl sites for hydroxylation is 1. The molecule has 1 aromatic heterocycles. The van der Waals surface area contributed by atoms with Gasteiger partial charge in [-0.3, -0.25) is 4.57 Å². The Labute approximate surface area is 119 Å². The van der Waals surface area contributed by atoms with E-state index in [4.69, 9.17) is 0 Å². The quantitative estimate of drug-likeness (QED) is 0.804. The number of nitrogens with zero attached hydrogens (tertiary/aromatic N) is 4. The Kier molecular flexibility index (Phi) is 4.06. The maximum atomic E-state index is 12.1. The summed E-state index contributed by atoms with van der Waals surface area (Å²) in [6, 6.07) is 0.0137. The molecule has 0 aliphatic carbocycles. The second-order valence-electron chi connectivity index (χ2n) is 5.69. The van der Waals surface area contributed by atoms with Crippen molar-refractivity contribution >= 4 is 10.0 Å². The number of aromatic nitrogens is 3. The van der Waals surface area contributed by atoms with Crippen molar-refractivity contribution in [3.05, 3.63) is 16.3 Å². The van der Waals surface area contributed by atoms with Crippen LogP contribution in [0.25, 0.3) is 0 Å². The summed E-state index contributed by atoms with van der Waals surface area (Å²) >= 11 is 0. The minimum absolute atomic E-state index is 0.0137. The standard InChI is InChI=1S/C12H22N4O3S/c1-9(2)16-11(13-14(3)12(16)17)10-6-5-7-15(8-10)20(4,18)19/h9-10H,5-8H2,1-4H3. The summed E-state index contributed by atoms with van der Waals surface area (Å²) in [7, 11) is -1.56. The Balaban J connectivity index is 2.37. The van der Waals surface area contributed by atoms with Crippen molar-refractivity contribution in [1.29, 1.82) is 0 Å². The maximum Gasteiger partial charge on any atom is 0.345 e. The minimum Gasteiger partial charge on any atom is -0.276 e. The first-order valence-electron chi connectivity index (χ1n) is 6.82. The first-order valence-corrected chi connectivity index (χ1v) is 8.67. The monoisotopic (exact) mass is 302 g/mol. The van der Waals surface area contributed by atoms with Gasteiger partial charge < -0.3 is 0 Å². The molecule has 1 fully saturated rings. The summed E-state index contributed by atoms with van der Waals surface area (Å²) in [5, 5.41) is 4.32. The molecule has 0 radical (unpaired) electrons. The first kappa shape index (κ1) is 15.2. The highest BCUT2D eigenvalue weighted by atomic mass is 32.2. The largest absolute Gasteiger partial charge is 0.345 e. The molecule has 1 aromatic rings. The minimum atomic E-state index is -3.19. The first-order chi connectivity index (χ1) is 9.21. The summed E-state index contributed by atoms with van der Waals surface area (Å²) in [4.78, 5) is 12.1. The molecular weight excluding hydrogens is 280 g/mol. The molecule has 0 aromatic carbocycles. The summed E-state index contributed by atoms with van der Waals surface area (Å²) in [6.45, 7) is 4.82. The van der Waals surface area contributed by atoms with Crippen LogP contribution in [0.2, 0.25) is 0 Å². The van der Waals surface area contributed by atoms with Crippen molar-refractivity contribution in [1.82, 2.24) is 18.7 Å². The molecule has 0 amide bonds. The van der Waals surface area contributed by atoms with Gasteiger partial charge in [-0.15, -0.1) is 0 Å². The van der Waals surface area contributed by atoms with E-state index in [1.165, 1.54) is 15.2 Å². The lowest BCUT2D eigenvalue weighted by Gasteiger charge is -2.30. The van der Waals surface area contributed by atoms with Gasteiger partial charge in [0.25, 0.3) is 0 Å². The number of sulfonamides is 1. The van der Waals surface area contributed by atoms with Crippen LogP contribution in [-0.4, -0.2) is 46.4 Å². The topological polar surface area (TPSA) is 77.2 Å².